The summed E-state index contributed by atoms with van der Waals surface area (Å²) >= 11 is 0. The molecule has 1 fully saturated rings. The number of nitrogens with zero attached hydrogens (tertiary/aromatic N) is 1. The van der Waals surface area contributed by atoms with Crippen molar-refractivity contribution in [1.82, 2.24) is 15.2 Å². The summed E-state index contributed by atoms with van der Waals surface area (Å²) in [5.41, 5.74) is 3.56. The first-order valence-electron chi connectivity index (χ1n) is 12.5. The van der Waals surface area contributed by atoms with Crippen LogP contribution in [0.5, 0.6) is 0 Å². The molecule has 0 spiro atoms. The van der Waals surface area contributed by atoms with E-state index < -0.39 is 11.9 Å². The van der Waals surface area contributed by atoms with E-state index in [2.05, 4.69) is 15.6 Å². The van der Waals surface area contributed by atoms with Crippen LogP contribution in [0.15, 0.2) is 18.2 Å². The number of carbonyl (C=O) groups excluding carboxylic acids is 3. The van der Waals surface area contributed by atoms with Crippen LogP contribution in [-0.2, 0) is 19.1 Å². The molecule has 0 saturated carbocycles. The van der Waals surface area contributed by atoms with Gasteiger partial charge < -0.3 is 30.0 Å². The van der Waals surface area contributed by atoms with Gasteiger partial charge in [0.1, 0.15) is 5.82 Å². The zero-order valence-corrected chi connectivity index (χ0v) is 21.6. The summed E-state index contributed by atoms with van der Waals surface area (Å²) in [4.78, 5) is 43.6. The molecule has 0 aliphatic carbocycles. The number of halogens is 1. The minimum atomic E-state index is -0.789. The molecule has 37 heavy (non-hydrogen) atoms. The minimum absolute atomic E-state index is 0.0330. The molecule has 3 amide bonds. The van der Waals surface area contributed by atoms with E-state index >= 15 is 0 Å². The fraction of sp³-hybridized carbons (Fsp3) is 0.444. The molecule has 3 N–H and O–H groups in total. The van der Waals surface area contributed by atoms with E-state index in [9.17, 15) is 18.8 Å². The lowest BCUT2D eigenvalue weighted by Crippen LogP contribution is -2.49. The molecule has 1 saturated heterocycles. The monoisotopic (exact) mass is 512 g/mol. The van der Waals surface area contributed by atoms with Crippen molar-refractivity contribution in [3.8, 4) is 0 Å². The van der Waals surface area contributed by atoms with E-state index in [1.807, 2.05) is 6.92 Å². The van der Waals surface area contributed by atoms with Crippen molar-refractivity contribution in [2.24, 2.45) is 0 Å². The minimum Gasteiger partial charge on any atom is -0.381 e. The number of aryl methyl sites for hydroxylation is 1. The number of rotatable bonds is 8. The average molecular weight is 513 g/mol. The number of ether oxygens (including phenoxy) is 2. The summed E-state index contributed by atoms with van der Waals surface area (Å²) in [6, 6.07) is 4.11. The van der Waals surface area contributed by atoms with Crippen molar-refractivity contribution < 1.29 is 28.2 Å². The van der Waals surface area contributed by atoms with Crippen molar-refractivity contribution >= 4 is 35.1 Å². The molecule has 2 aliphatic rings. The van der Waals surface area contributed by atoms with Gasteiger partial charge in [0.15, 0.2) is 6.10 Å². The maximum absolute atomic E-state index is 13.8. The Morgan fingerprint density at radius 3 is 2.68 bits per heavy atom. The molecule has 4 rings (SSSR count). The predicted molar refractivity (Wildman–Crippen MR) is 138 cm³/mol. The lowest BCUT2D eigenvalue weighted by atomic mass is 10.0. The normalized spacial score (nSPS) is 17.6. The summed E-state index contributed by atoms with van der Waals surface area (Å²) in [6.07, 6.45) is 2.52. The number of aromatic amines is 1. The van der Waals surface area contributed by atoms with Gasteiger partial charge >= 0.3 is 0 Å². The fourth-order valence-corrected chi connectivity index (χ4v) is 4.92. The first kappa shape index (κ1) is 26.6. The number of carbonyl (C=O) groups is 3. The predicted octanol–water partition coefficient (Wildman–Crippen LogP) is 3.04. The zero-order chi connectivity index (χ0) is 26.7. The van der Waals surface area contributed by atoms with Crippen molar-refractivity contribution in [2.75, 3.05) is 38.7 Å². The Kier molecular flexibility index (Phi) is 8.09. The number of likely N-dealkylation sites (tertiary alicyclic amines) is 1. The van der Waals surface area contributed by atoms with Crippen molar-refractivity contribution in [3.63, 3.8) is 0 Å². The Morgan fingerprint density at radius 1 is 1.27 bits per heavy atom. The number of piperidine rings is 1. The van der Waals surface area contributed by atoms with Crippen LogP contribution in [-0.4, -0.2) is 73.2 Å². The van der Waals surface area contributed by atoms with Crippen LogP contribution in [0.1, 0.15) is 52.6 Å². The molecule has 1 aromatic carbocycles. The maximum Gasteiger partial charge on any atom is 0.256 e. The van der Waals surface area contributed by atoms with E-state index in [0.29, 0.717) is 59.0 Å². The van der Waals surface area contributed by atoms with Gasteiger partial charge in [-0.25, -0.2) is 4.39 Å². The summed E-state index contributed by atoms with van der Waals surface area (Å²) in [5, 5.41) is 5.56. The van der Waals surface area contributed by atoms with Crippen molar-refractivity contribution in [2.45, 2.75) is 45.8 Å². The number of nitrogens with one attached hydrogen (secondary N) is 3. The van der Waals surface area contributed by atoms with Crippen molar-refractivity contribution in [1.29, 1.82) is 0 Å². The number of fused-ring (bicyclic) bond motifs is 1. The largest absolute Gasteiger partial charge is 0.381 e. The highest BCUT2D eigenvalue weighted by Crippen LogP contribution is 2.34. The maximum atomic E-state index is 13.8. The van der Waals surface area contributed by atoms with Crippen LogP contribution in [0.4, 0.5) is 10.1 Å². The number of aromatic nitrogens is 1. The van der Waals surface area contributed by atoms with Gasteiger partial charge in [0.05, 0.1) is 23.8 Å². The molecule has 10 heteroatoms. The van der Waals surface area contributed by atoms with Crippen LogP contribution >= 0.6 is 0 Å². The second kappa shape index (κ2) is 11.3. The zero-order valence-electron chi connectivity index (χ0n) is 21.6. The highest BCUT2D eigenvalue weighted by molar-refractivity contribution is 6.34. The van der Waals surface area contributed by atoms with E-state index in [1.54, 1.807) is 31.9 Å². The first-order valence-corrected chi connectivity index (χ1v) is 12.5. The van der Waals surface area contributed by atoms with Crippen LogP contribution in [0.3, 0.4) is 0 Å². The third-order valence-corrected chi connectivity index (χ3v) is 6.93. The Balaban J connectivity index is 1.48. The Bertz CT molecular complexity index is 1230. The summed E-state index contributed by atoms with van der Waals surface area (Å²) in [7, 11) is 1.68. The highest BCUT2D eigenvalue weighted by atomic mass is 19.1. The first-order chi connectivity index (χ1) is 17.7. The van der Waals surface area contributed by atoms with E-state index in [1.165, 1.54) is 18.2 Å². The molecule has 3 heterocycles. The average Bonchev–Trinajstić information content (AvgIpc) is 3.35. The number of methoxy groups -OCH3 is 1. The van der Waals surface area contributed by atoms with Crippen LogP contribution in [0.2, 0.25) is 0 Å². The molecule has 0 bridgehead atoms. The van der Waals surface area contributed by atoms with Gasteiger partial charge in [0.25, 0.3) is 17.7 Å². The van der Waals surface area contributed by atoms with Gasteiger partial charge in [0.2, 0.25) is 0 Å². The molecule has 1 unspecified atom stereocenters. The lowest BCUT2D eigenvalue weighted by Gasteiger charge is -2.33. The summed E-state index contributed by atoms with van der Waals surface area (Å²) in [5.74, 6) is -1.29. The van der Waals surface area contributed by atoms with Crippen molar-refractivity contribution in [3.05, 3.63) is 52.1 Å². The van der Waals surface area contributed by atoms with E-state index in [4.69, 9.17) is 9.47 Å². The quantitative estimate of drug-likeness (QED) is 0.471. The third-order valence-electron chi connectivity index (χ3n) is 6.93. The SMILES string of the molecule is CCOC(CNC(=O)c1c(C)[nH]c(/C=C2\C(=O)Nc3ccc(F)cc32)c1C)C(=O)N1CCC(OC)CC1. The number of anilines is 1. The molecule has 1 aromatic heterocycles. The van der Waals surface area contributed by atoms with Gasteiger partial charge in [-0.15, -0.1) is 0 Å². The molecular formula is C27H33FN4O5. The molecule has 9 nitrogen and oxygen atoms in total. The van der Waals surface area contributed by atoms with E-state index in [0.717, 1.165) is 12.8 Å². The van der Waals surface area contributed by atoms with E-state index in [-0.39, 0.29) is 30.4 Å². The molecule has 2 aliphatic heterocycles. The smallest absolute Gasteiger partial charge is 0.256 e. The molecule has 198 valence electrons. The Labute approximate surface area is 215 Å². The van der Waals surface area contributed by atoms with Crippen LogP contribution in [0, 0.1) is 19.7 Å². The van der Waals surface area contributed by atoms with Gasteiger partial charge in [-0.2, -0.15) is 0 Å². The summed E-state index contributed by atoms with van der Waals surface area (Å²) < 4.78 is 24.9. The topological polar surface area (TPSA) is 113 Å². The molecule has 2 aromatic rings. The number of amides is 3. The Morgan fingerprint density at radius 2 is 2.00 bits per heavy atom. The number of benzene rings is 1. The molecule has 1 atom stereocenters. The van der Waals surface area contributed by atoms with Crippen LogP contribution in [0.25, 0.3) is 11.6 Å². The standard InChI is InChI=1S/C27H33FN4O5/c1-5-37-23(27(35)32-10-8-18(36-4)9-11-32)14-29-26(34)24-15(2)22(30-16(24)3)13-20-19-12-17(28)6-7-21(19)31-25(20)33/h6-7,12-13,18,23,30H,5,8-11,14H2,1-4H3,(H,29,34)(H,31,33)/b20-13-. The Hall–Kier alpha value is -3.50. The lowest BCUT2D eigenvalue weighted by molar-refractivity contribution is -0.145. The molecule has 0 radical (unpaired) electrons. The van der Waals surface area contributed by atoms with Gasteiger partial charge in [-0.05, 0) is 63.5 Å². The highest BCUT2D eigenvalue weighted by Gasteiger charge is 2.30. The van der Waals surface area contributed by atoms with Crippen LogP contribution < -0.4 is 10.6 Å². The van der Waals surface area contributed by atoms with Gasteiger partial charge in [0, 0.05) is 49.4 Å². The third kappa shape index (κ3) is 5.60. The molecular weight excluding hydrogens is 479 g/mol. The second-order valence-corrected chi connectivity index (χ2v) is 9.28. The second-order valence-electron chi connectivity index (χ2n) is 9.28. The van der Waals surface area contributed by atoms with Gasteiger partial charge in [-0.3, -0.25) is 14.4 Å². The number of hydrogen-bond acceptors (Lipinski definition) is 5. The number of H-pyrrole nitrogens is 1. The van der Waals surface area contributed by atoms with Gasteiger partial charge in [-0.1, -0.05) is 0 Å². The number of hydrogen-bond donors (Lipinski definition) is 3. The fourth-order valence-electron chi connectivity index (χ4n) is 4.92. The summed E-state index contributed by atoms with van der Waals surface area (Å²) in [6.45, 7) is 6.89.